The van der Waals surface area contributed by atoms with Crippen molar-refractivity contribution >= 4 is 32.4 Å². The number of carbonyl (C=O) groups is 1. The topological polar surface area (TPSA) is 110 Å². The zero-order valence-electron chi connectivity index (χ0n) is 9.26. The summed E-state index contributed by atoms with van der Waals surface area (Å²) in [7, 11) is -2.22. The number of nitrogens with zero attached hydrogens (tertiary/aromatic N) is 2. The third-order valence-electron chi connectivity index (χ3n) is 1.52. The van der Waals surface area contributed by atoms with E-state index < -0.39 is 10.0 Å². The quantitative estimate of drug-likeness (QED) is 0.533. The molecule has 1 rings (SSSR count). The predicted octanol–water partition coefficient (Wildman–Crippen LogP) is -0.579. The SMILES string of the molecule is COCCNS(=O)(=O)c1nnc(NC(C)=O)s1. The van der Waals surface area contributed by atoms with E-state index in [1.54, 1.807) is 0 Å². The van der Waals surface area contributed by atoms with Crippen molar-refractivity contribution in [2.24, 2.45) is 0 Å². The number of rotatable bonds is 6. The molecule has 8 nitrogen and oxygen atoms in total. The predicted molar refractivity (Wildman–Crippen MR) is 61.3 cm³/mol. The van der Waals surface area contributed by atoms with Gasteiger partial charge in [-0.25, -0.2) is 13.1 Å². The fraction of sp³-hybridized carbons (Fsp3) is 0.571. The van der Waals surface area contributed by atoms with Gasteiger partial charge in [0.15, 0.2) is 0 Å². The molecule has 0 spiro atoms. The summed E-state index contributed by atoms with van der Waals surface area (Å²) in [5, 5.41) is 9.52. The molecule has 10 heteroatoms. The lowest BCUT2D eigenvalue weighted by molar-refractivity contribution is -0.114. The number of methoxy groups -OCH3 is 1. The van der Waals surface area contributed by atoms with Crippen molar-refractivity contribution in [3.63, 3.8) is 0 Å². The second-order valence-corrected chi connectivity index (χ2v) is 5.86. The molecule has 0 saturated heterocycles. The van der Waals surface area contributed by atoms with Crippen LogP contribution in [0, 0.1) is 0 Å². The molecule has 0 atom stereocenters. The minimum absolute atomic E-state index is 0.143. The van der Waals surface area contributed by atoms with Crippen LogP contribution in [0.5, 0.6) is 0 Å². The minimum Gasteiger partial charge on any atom is -0.383 e. The molecular formula is C7H12N4O4S2. The van der Waals surface area contributed by atoms with Gasteiger partial charge in [-0.1, -0.05) is 11.3 Å². The van der Waals surface area contributed by atoms with Gasteiger partial charge in [-0.05, 0) is 0 Å². The molecule has 0 aliphatic carbocycles. The van der Waals surface area contributed by atoms with Gasteiger partial charge in [-0.15, -0.1) is 10.2 Å². The normalized spacial score (nSPS) is 11.4. The summed E-state index contributed by atoms with van der Waals surface area (Å²) < 4.78 is 30.1. The zero-order valence-corrected chi connectivity index (χ0v) is 10.9. The molecule has 1 aromatic heterocycles. The van der Waals surface area contributed by atoms with Crippen LogP contribution >= 0.6 is 11.3 Å². The molecule has 0 unspecified atom stereocenters. The van der Waals surface area contributed by atoms with E-state index in [1.165, 1.54) is 14.0 Å². The van der Waals surface area contributed by atoms with E-state index in [0.29, 0.717) is 0 Å². The highest BCUT2D eigenvalue weighted by Gasteiger charge is 2.19. The van der Waals surface area contributed by atoms with E-state index in [4.69, 9.17) is 4.74 Å². The molecule has 0 aromatic carbocycles. The third kappa shape index (κ3) is 4.34. The first-order chi connectivity index (χ1) is 7.95. The molecule has 0 radical (unpaired) electrons. The Morgan fingerprint density at radius 3 is 2.76 bits per heavy atom. The standard InChI is InChI=1S/C7H12N4O4S2/c1-5(12)9-6-10-11-7(16-6)17(13,14)8-3-4-15-2/h8H,3-4H2,1-2H3,(H,9,10,12). The largest absolute Gasteiger partial charge is 0.383 e. The molecule has 1 heterocycles. The van der Waals surface area contributed by atoms with Crippen molar-refractivity contribution in [3.8, 4) is 0 Å². The van der Waals surface area contributed by atoms with Crippen LogP contribution in [-0.4, -0.2) is 44.8 Å². The molecule has 2 N–H and O–H groups in total. The third-order valence-corrected chi connectivity index (χ3v) is 4.18. The molecule has 1 aromatic rings. The molecule has 0 saturated carbocycles. The number of aromatic nitrogens is 2. The summed E-state index contributed by atoms with van der Waals surface area (Å²) in [6, 6.07) is 0. The molecule has 96 valence electrons. The van der Waals surface area contributed by atoms with Crippen LogP contribution in [0.2, 0.25) is 0 Å². The van der Waals surface area contributed by atoms with Crippen molar-refractivity contribution in [2.75, 3.05) is 25.6 Å². The Balaban J connectivity index is 2.71. The van der Waals surface area contributed by atoms with Gasteiger partial charge in [0.2, 0.25) is 15.4 Å². The highest BCUT2D eigenvalue weighted by Crippen LogP contribution is 2.19. The van der Waals surface area contributed by atoms with Gasteiger partial charge in [0.25, 0.3) is 10.0 Å². The van der Waals surface area contributed by atoms with Gasteiger partial charge >= 0.3 is 0 Å². The van der Waals surface area contributed by atoms with Crippen LogP contribution in [0.3, 0.4) is 0 Å². The van der Waals surface area contributed by atoms with Gasteiger partial charge < -0.3 is 10.1 Å². The molecule has 0 aliphatic rings. The Morgan fingerprint density at radius 1 is 1.47 bits per heavy atom. The first kappa shape index (κ1) is 14.0. The highest BCUT2D eigenvalue weighted by atomic mass is 32.2. The Hall–Kier alpha value is -1.10. The lowest BCUT2D eigenvalue weighted by Crippen LogP contribution is -2.27. The Kier molecular flexibility index (Phi) is 4.93. The minimum atomic E-state index is -3.68. The summed E-state index contributed by atoms with van der Waals surface area (Å²) in [6.07, 6.45) is 0. The smallest absolute Gasteiger partial charge is 0.269 e. The summed E-state index contributed by atoms with van der Waals surface area (Å²) in [5.41, 5.74) is 0. The van der Waals surface area contributed by atoms with Crippen molar-refractivity contribution in [3.05, 3.63) is 0 Å². The van der Waals surface area contributed by atoms with Gasteiger partial charge in [-0.3, -0.25) is 4.79 Å². The Morgan fingerprint density at radius 2 is 2.18 bits per heavy atom. The molecule has 0 fully saturated rings. The van der Waals surface area contributed by atoms with Gasteiger partial charge in [0.1, 0.15) is 0 Å². The highest BCUT2D eigenvalue weighted by molar-refractivity contribution is 7.91. The first-order valence-corrected chi connectivity index (χ1v) is 6.85. The summed E-state index contributed by atoms with van der Waals surface area (Å²) in [4.78, 5) is 10.7. The fourth-order valence-electron chi connectivity index (χ4n) is 0.859. The zero-order chi connectivity index (χ0) is 12.9. The molecular weight excluding hydrogens is 268 g/mol. The van der Waals surface area contributed by atoms with E-state index >= 15 is 0 Å². The van der Waals surface area contributed by atoms with Gasteiger partial charge in [-0.2, -0.15) is 0 Å². The van der Waals surface area contributed by atoms with Crippen LogP contribution < -0.4 is 10.0 Å². The maximum Gasteiger partial charge on any atom is 0.269 e. The van der Waals surface area contributed by atoms with Crippen LogP contribution in [0.1, 0.15) is 6.92 Å². The molecule has 0 aliphatic heterocycles. The lowest BCUT2D eigenvalue weighted by Gasteiger charge is -2.01. The van der Waals surface area contributed by atoms with E-state index in [-0.39, 0.29) is 28.5 Å². The van der Waals surface area contributed by atoms with Crippen LogP contribution in [0.4, 0.5) is 5.13 Å². The van der Waals surface area contributed by atoms with Crippen molar-refractivity contribution in [1.29, 1.82) is 0 Å². The molecule has 1 amide bonds. The Labute approximate surface area is 102 Å². The van der Waals surface area contributed by atoms with Gasteiger partial charge in [0.05, 0.1) is 6.61 Å². The fourth-order valence-corrected chi connectivity index (χ4v) is 2.86. The number of carbonyl (C=O) groups excluding carboxylic acids is 1. The van der Waals surface area contributed by atoms with Crippen molar-refractivity contribution in [2.45, 2.75) is 11.3 Å². The van der Waals surface area contributed by atoms with Gasteiger partial charge in [0, 0.05) is 20.6 Å². The average molecular weight is 280 g/mol. The Bertz CT molecular complexity index is 484. The maximum atomic E-state index is 11.6. The number of anilines is 1. The summed E-state index contributed by atoms with van der Waals surface area (Å²) in [5.74, 6) is -0.336. The van der Waals surface area contributed by atoms with Crippen molar-refractivity contribution in [1.82, 2.24) is 14.9 Å². The second-order valence-electron chi connectivity index (χ2n) is 2.94. The number of nitrogens with one attached hydrogen (secondary N) is 2. The number of amides is 1. The van der Waals surface area contributed by atoms with E-state index in [2.05, 4.69) is 20.2 Å². The van der Waals surface area contributed by atoms with Crippen LogP contribution in [0.15, 0.2) is 4.34 Å². The number of hydrogen-bond donors (Lipinski definition) is 2. The number of hydrogen-bond acceptors (Lipinski definition) is 7. The van der Waals surface area contributed by atoms with Crippen LogP contribution in [-0.2, 0) is 19.6 Å². The average Bonchev–Trinajstić information content (AvgIpc) is 2.66. The number of sulfonamides is 1. The summed E-state index contributed by atoms with van der Waals surface area (Å²) in [6.45, 7) is 1.71. The van der Waals surface area contributed by atoms with E-state index in [0.717, 1.165) is 11.3 Å². The molecule has 17 heavy (non-hydrogen) atoms. The monoisotopic (exact) mass is 280 g/mol. The molecule has 0 bridgehead atoms. The van der Waals surface area contributed by atoms with Crippen molar-refractivity contribution < 1.29 is 17.9 Å². The second kappa shape index (κ2) is 6.00. The van der Waals surface area contributed by atoms with E-state index in [9.17, 15) is 13.2 Å². The number of ether oxygens (including phenoxy) is 1. The summed E-state index contributed by atoms with van der Waals surface area (Å²) >= 11 is 0.781. The van der Waals surface area contributed by atoms with Crippen LogP contribution in [0.25, 0.3) is 0 Å². The lowest BCUT2D eigenvalue weighted by atomic mass is 10.7. The first-order valence-electron chi connectivity index (χ1n) is 4.55. The maximum absolute atomic E-state index is 11.6. The van der Waals surface area contributed by atoms with E-state index in [1.807, 2.05) is 0 Å².